The summed E-state index contributed by atoms with van der Waals surface area (Å²) in [5, 5.41) is 3.82. The van der Waals surface area contributed by atoms with Crippen LogP contribution in [0.15, 0.2) is 36.9 Å². The molecule has 1 amide bonds. The molecule has 0 aliphatic carbocycles. The fraction of sp³-hybridized carbons (Fsp3) is 0.375. The van der Waals surface area contributed by atoms with Crippen molar-refractivity contribution in [1.82, 2.24) is 19.7 Å². The molecule has 0 saturated heterocycles. The third kappa shape index (κ3) is 5.57. The van der Waals surface area contributed by atoms with E-state index in [0.717, 1.165) is 12.1 Å². The molecule has 0 spiro atoms. The van der Waals surface area contributed by atoms with E-state index < -0.39 is 23.6 Å². The van der Waals surface area contributed by atoms with Gasteiger partial charge in [-0.15, -0.1) is 0 Å². The standard InChI is InChI=1S/C16H17F3N4O3/c1-2-26-15(25)9-22(14(24)8-23-11-20-10-21-23)7-12-3-5-13(6-4-12)16(17,18)19/h3-6,10-11H,2,7-9H2,1H3. The van der Waals surface area contributed by atoms with Gasteiger partial charge < -0.3 is 9.64 Å². The van der Waals surface area contributed by atoms with Gasteiger partial charge in [0.1, 0.15) is 25.7 Å². The molecule has 26 heavy (non-hydrogen) atoms. The van der Waals surface area contributed by atoms with Gasteiger partial charge in [-0.1, -0.05) is 12.1 Å². The number of rotatable bonds is 7. The zero-order valence-electron chi connectivity index (χ0n) is 13.9. The quantitative estimate of drug-likeness (QED) is 0.696. The Balaban J connectivity index is 2.12. The molecule has 1 aromatic carbocycles. The summed E-state index contributed by atoms with van der Waals surface area (Å²) in [5.41, 5.74) is -0.332. The Morgan fingerprint density at radius 2 is 1.92 bits per heavy atom. The molecule has 0 aliphatic heterocycles. The Morgan fingerprint density at radius 3 is 2.46 bits per heavy atom. The van der Waals surface area contributed by atoms with E-state index in [1.807, 2.05) is 0 Å². The molecule has 1 aromatic heterocycles. The van der Waals surface area contributed by atoms with Crippen molar-refractivity contribution < 1.29 is 27.5 Å². The number of carbonyl (C=O) groups is 2. The van der Waals surface area contributed by atoms with Crippen LogP contribution in [0.2, 0.25) is 0 Å². The largest absolute Gasteiger partial charge is 0.465 e. The van der Waals surface area contributed by atoms with Crippen molar-refractivity contribution in [3.8, 4) is 0 Å². The van der Waals surface area contributed by atoms with E-state index in [9.17, 15) is 22.8 Å². The van der Waals surface area contributed by atoms with Gasteiger partial charge in [0.2, 0.25) is 5.91 Å². The lowest BCUT2D eigenvalue weighted by Gasteiger charge is -2.22. The van der Waals surface area contributed by atoms with Gasteiger partial charge in [0.25, 0.3) is 0 Å². The van der Waals surface area contributed by atoms with E-state index in [1.165, 1.54) is 34.4 Å². The molecule has 0 aliphatic rings. The minimum Gasteiger partial charge on any atom is -0.465 e. The summed E-state index contributed by atoms with van der Waals surface area (Å²) >= 11 is 0. The van der Waals surface area contributed by atoms with Crippen LogP contribution in [-0.4, -0.2) is 44.7 Å². The Labute approximate surface area is 147 Å². The number of halogens is 3. The SMILES string of the molecule is CCOC(=O)CN(Cc1ccc(C(F)(F)F)cc1)C(=O)Cn1cncn1. The first kappa shape index (κ1) is 19.4. The molecule has 0 fully saturated rings. The number of alkyl halides is 3. The van der Waals surface area contributed by atoms with Crippen LogP contribution in [0.4, 0.5) is 13.2 Å². The van der Waals surface area contributed by atoms with Gasteiger partial charge in [0, 0.05) is 6.54 Å². The first-order chi connectivity index (χ1) is 12.3. The van der Waals surface area contributed by atoms with E-state index in [-0.39, 0.29) is 26.2 Å². The maximum absolute atomic E-state index is 12.6. The van der Waals surface area contributed by atoms with Gasteiger partial charge in [-0.25, -0.2) is 9.67 Å². The summed E-state index contributed by atoms with van der Waals surface area (Å²) < 4.78 is 44.0. The van der Waals surface area contributed by atoms with Crippen molar-refractivity contribution in [1.29, 1.82) is 0 Å². The molecule has 1 heterocycles. The van der Waals surface area contributed by atoms with Gasteiger partial charge in [0.15, 0.2) is 0 Å². The lowest BCUT2D eigenvalue weighted by molar-refractivity contribution is -0.149. The molecule has 140 valence electrons. The molecule has 0 radical (unpaired) electrons. The van der Waals surface area contributed by atoms with Gasteiger partial charge in [0.05, 0.1) is 12.2 Å². The van der Waals surface area contributed by atoms with Crippen LogP contribution in [0.25, 0.3) is 0 Å². The summed E-state index contributed by atoms with van der Waals surface area (Å²) in [6, 6.07) is 4.40. The van der Waals surface area contributed by atoms with E-state index in [4.69, 9.17) is 4.74 Å². The van der Waals surface area contributed by atoms with E-state index in [1.54, 1.807) is 6.92 Å². The molecule has 7 nitrogen and oxygen atoms in total. The zero-order chi connectivity index (χ0) is 19.2. The van der Waals surface area contributed by atoms with Crippen molar-refractivity contribution in [3.05, 3.63) is 48.0 Å². The number of carbonyl (C=O) groups excluding carboxylic acids is 2. The Bertz CT molecular complexity index is 730. The minimum atomic E-state index is -4.44. The van der Waals surface area contributed by atoms with Crippen LogP contribution in [0.3, 0.4) is 0 Å². The second-order valence-electron chi connectivity index (χ2n) is 5.34. The third-order valence-electron chi connectivity index (χ3n) is 3.40. The molecule has 2 rings (SSSR count). The highest BCUT2D eigenvalue weighted by molar-refractivity contribution is 5.81. The smallest absolute Gasteiger partial charge is 0.416 e. The Kier molecular flexibility index (Phi) is 6.31. The fourth-order valence-corrected chi connectivity index (χ4v) is 2.17. The molecular weight excluding hydrogens is 353 g/mol. The van der Waals surface area contributed by atoms with Gasteiger partial charge in [-0.05, 0) is 24.6 Å². The number of esters is 1. The van der Waals surface area contributed by atoms with E-state index in [2.05, 4.69) is 10.1 Å². The summed E-state index contributed by atoms with van der Waals surface area (Å²) in [7, 11) is 0. The molecular formula is C16H17F3N4O3. The van der Waals surface area contributed by atoms with Crippen molar-refractivity contribution >= 4 is 11.9 Å². The summed E-state index contributed by atoms with van der Waals surface area (Å²) in [6.07, 6.45) is -1.83. The highest BCUT2D eigenvalue weighted by Gasteiger charge is 2.30. The van der Waals surface area contributed by atoms with Crippen LogP contribution in [-0.2, 0) is 33.6 Å². The van der Waals surface area contributed by atoms with E-state index >= 15 is 0 Å². The normalized spacial score (nSPS) is 11.2. The monoisotopic (exact) mass is 370 g/mol. The average molecular weight is 370 g/mol. The Morgan fingerprint density at radius 1 is 1.23 bits per heavy atom. The number of hydrogen-bond acceptors (Lipinski definition) is 5. The predicted octanol–water partition coefficient (Wildman–Crippen LogP) is 1.89. The molecule has 10 heteroatoms. The van der Waals surface area contributed by atoms with Crippen LogP contribution in [0, 0.1) is 0 Å². The lowest BCUT2D eigenvalue weighted by Crippen LogP contribution is -2.38. The summed E-state index contributed by atoms with van der Waals surface area (Å²) in [4.78, 5) is 29.1. The number of benzene rings is 1. The van der Waals surface area contributed by atoms with Crippen LogP contribution in [0.1, 0.15) is 18.1 Å². The predicted molar refractivity (Wildman–Crippen MR) is 83.5 cm³/mol. The fourth-order valence-electron chi connectivity index (χ4n) is 2.17. The number of amides is 1. The first-order valence-electron chi connectivity index (χ1n) is 7.71. The third-order valence-corrected chi connectivity index (χ3v) is 3.40. The molecule has 2 aromatic rings. The number of aromatic nitrogens is 3. The number of nitrogens with zero attached hydrogens (tertiary/aromatic N) is 4. The molecule has 0 N–H and O–H groups in total. The van der Waals surface area contributed by atoms with Crippen molar-refractivity contribution in [2.45, 2.75) is 26.2 Å². The molecule has 0 bridgehead atoms. The molecule has 0 saturated carbocycles. The maximum Gasteiger partial charge on any atom is 0.416 e. The van der Waals surface area contributed by atoms with Crippen LogP contribution < -0.4 is 0 Å². The van der Waals surface area contributed by atoms with Crippen molar-refractivity contribution in [3.63, 3.8) is 0 Å². The van der Waals surface area contributed by atoms with Gasteiger partial charge in [-0.3, -0.25) is 9.59 Å². The second-order valence-corrected chi connectivity index (χ2v) is 5.34. The topological polar surface area (TPSA) is 77.3 Å². The second kappa shape index (κ2) is 8.45. The van der Waals surface area contributed by atoms with Gasteiger partial charge in [-0.2, -0.15) is 18.3 Å². The van der Waals surface area contributed by atoms with Crippen LogP contribution >= 0.6 is 0 Å². The minimum absolute atomic E-state index is 0.0372. The van der Waals surface area contributed by atoms with Gasteiger partial charge >= 0.3 is 12.1 Å². The molecule has 0 unspecified atom stereocenters. The van der Waals surface area contributed by atoms with Crippen molar-refractivity contribution in [2.24, 2.45) is 0 Å². The summed E-state index contributed by atoms with van der Waals surface area (Å²) in [5.74, 6) is -1.05. The van der Waals surface area contributed by atoms with E-state index in [0.29, 0.717) is 5.56 Å². The highest BCUT2D eigenvalue weighted by atomic mass is 19.4. The zero-order valence-corrected chi connectivity index (χ0v) is 13.9. The highest BCUT2D eigenvalue weighted by Crippen LogP contribution is 2.29. The molecule has 0 atom stereocenters. The Hall–Kier alpha value is -2.91. The van der Waals surface area contributed by atoms with Crippen LogP contribution in [0.5, 0.6) is 0 Å². The average Bonchev–Trinajstić information content (AvgIpc) is 3.07. The number of hydrogen-bond donors (Lipinski definition) is 0. The first-order valence-corrected chi connectivity index (χ1v) is 7.71. The maximum atomic E-state index is 12.6. The lowest BCUT2D eigenvalue weighted by atomic mass is 10.1. The van der Waals surface area contributed by atoms with Crippen molar-refractivity contribution in [2.75, 3.05) is 13.2 Å². The summed E-state index contributed by atoms with van der Waals surface area (Å²) in [6.45, 7) is 1.28. The number of ether oxygens (including phenoxy) is 1.